The van der Waals surface area contributed by atoms with Crippen molar-refractivity contribution in [2.45, 2.75) is 12.3 Å². The van der Waals surface area contributed by atoms with Gasteiger partial charge in [0.05, 0.1) is 0 Å². The van der Waals surface area contributed by atoms with Crippen LogP contribution in [0.1, 0.15) is 23.5 Å². The summed E-state index contributed by atoms with van der Waals surface area (Å²) in [6.07, 6.45) is 0.494. The molecule has 1 amide bonds. The summed E-state index contributed by atoms with van der Waals surface area (Å²) in [5.74, 6) is 0.238. The molecule has 2 nitrogen and oxygen atoms in total. The van der Waals surface area contributed by atoms with E-state index < -0.39 is 0 Å². The predicted molar refractivity (Wildman–Crippen MR) is 77.8 cm³/mol. The summed E-state index contributed by atoms with van der Waals surface area (Å²) in [6, 6.07) is 15.8. The zero-order valence-corrected chi connectivity index (χ0v) is 11.4. The van der Waals surface area contributed by atoms with Crippen LogP contribution in [0.2, 0.25) is 5.02 Å². The molecule has 0 saturated carbocycles. The van der Waals surface area contributed by atoms with Gasteiger partial charge in [0.1, 0.15) is 0 Å². The lowest BCUT2D eigenvalue weighted by molar-refractivity contribution is -0.118. The van der Waals surface area contributed by atoms with Crippen molar-refractivity contribution in [2.75, 3.05) is 11.9 Å². The average Bonchev–Trinajstić information content (AvgIpc) is 2.43. The first-order valence-corrected chi connectivity index (χ1v) is 6.65. The molecule has 96 valence electrons. The molecule has 0 aromatic heterocycles. The van der Waals surface area contributed by atoms with Crippen molar-refractivity contribution in [3.05, 3.63) is 64.7 Å². The topological polar surface area (TPSA) is 20.3 Å². The monoisotopic (exact) mass is 271 g/mol. The summed E-state index contributed by atoms with van der Waals surface area (Å²) in [5, 5.41) is 0.711. The number of hydrogen-bond acceptors (Lipinski definition) is 1. The zero-order chi connectivity index (χ0) is 13.4. The van der Waals surface area contributed by atoms with Crippen LogP contribution in [0.5, 0.6) is 0 Å². The molecule has 3 heteroatoms. The standard InChI is InChI=1S/C16H14ClNO/c1-18-15-8-7-12(17)9-14(15)13(10-16(18)19)11-5-3-2-4-6-11/h2-9,13H,10H2,1H3. The van der Waals surface area contributed by atoms with E-state index in [1.807, 2.05) is 43.4 Å². The first kappa shape index (κ1) is 12.2. The largest absolute Gasteiger partial charge is 0.315 e. The Bertz CT molecular complexity index is 624. The van der Waals surface area contributed by atoms with Crippen LogP contribution in [0.15, 0.2) is 48.5 Å². The molecule has 0 saturated heterocycles. The maximum atomic E-state index is 12.1. The van der Waals surface area contributed by atoms with Gasteiger partial charge in [-0.2, -0.15) is 0 Å². The van der Waals surface area contributed by atoms with Crippen LogP contribution in [-0.4, -0.2) is 13.0 Å². The molecule has 1 unspecified atom stereocenters. The average molecular weight is 272 g/mol. The van der Waals surface area contributed by atoms with E-state index in [0.717, 1.165) is 16.8 Å². The van der Waals surface area contributed by atoms with E-state index in [-0.39, 0.29) is 11.8 Å². The molecule has 1 aliphatic rings. The molecule has 0 radical (unpaired) electrons. The fourth-order valence-electron chi connectivity index (χ4n) is 2.65. The summed E-state index contributed by atoms with van der Waals surface area (Å²) in [5.41, 5.74) is 3.24. The minimum Gasteiger partial charge on any atom is -0.315 e. The fourth-order valence-corrected chi connectivity index (χ4v) is 2.83. The van der Waals surface area contributed by atoms with E-state index in [2.05, 4.69) is 12.1 Å². The van der Waals surface area contributed by atoms with Gasteiger partial charge in [-0.3, -0.25) is 4.79 Å². The summed E-state index contributed by atoms with van der Waals surface area (Å²) in [4.78, 5) is 13.8. The maximum absolute atomic E-state index is 12.1. The molecular weight excluding hydrogens is 258 g/mol. The lowest BCUT2D eigenvalue weighted by Crippen LogP contribution is -2.33. The molecule has 1 aliphatic heterocycles. The summed E-state index contributed by atoms with van der Waals surface area (Å²) in [6.45, 7) is 0. The number of nitrogens with zero attached hydrogens (tertiary/aromatic N) is 1. The number of benzene rings is 2. The molecule has 2 aromatic carbocycles. The predicted octanol–water partition coefficient (Wildman–Crippen LogP) is 3.84. The van der Waals surface area contributed by atoms with Crippen molar-refractivity contribution in [3.63, 3.8) is 0 Å². The fraction of sp³-hybridized carbons (Fsp3) is 0.188. The maximum Gasteiger partial charge on any atom is 0.227 e. The van der Waals surface area contributed by atoms with Crippen molar-refractivity contribution < 1.29 is 4.79 Å². The van der Waals surface area contributed by atoms with Gasteiger partial charge in [0.25, 0.3) is 0 Å². The Labute approximate surface area is 117 Å². The highest BCUT2D eigenvalue weighted by Crippen LogP contribution is 2.40. The lowest BCUT2D eigenvalue weighted by atomic mass is 9.84. The Hall–Kier alpha value is -1.80. The highest BCUT2D eigenvalue weighted by Gasteiger charge is 2.30. The Morgan fingerprint density at radius 2 is 1.89 bits per heavy atom. The molecule has 0 aliphatic carbocycles. The van der Waals surface area contributed by atoms with Crippen LogP contribution in [0.4, 0.5) is 5.69 Å². The van der Waals surface area contributed by atoms with E-state index in [9.17, 15) is 4.79 Å². The zero-order valence-electron chi connectivity index (χ0n) is 10.6. The van der Waals surface area contributed by atoms with Gasteiger partial charge in [0, 0.05) is 30.1 Å². The Kier molecular flexibility index (Phi) is 3.03. The van der Waals surface area contributed by atoms with Crippen LogP contribution in [0.3, 0.4) is 0 Å². The van der Waals surface area contributed by atoms with Gasteiger partial charge in [-0.1, -0.05) is 41.9 Å². The molecular formula is C16H14ClNO. The van der Waals surface area contributed by atoms with Crippen LogP contribution < -0.4 is 4.90 Å². The van der Waals surface area contributed by atoms with Crippen molar-refractivity contribution in [3.8, 4) is 0 Å². The van der Waals surface area contributed by atoms with E-state index in [1.54, 1.807) is 4.90 Å². The molecule has 1 atom stereocenters. The Morgan fingerprint density at radius 1 is 1.16 bits per heavy atom. The first-order chi connectivity index (χ1) is 9.16. The number of anilines is 1. The van der Waals surface area contributed by atoms with Gasteiger partial charge in [-0.05, 0) is 29.3 Å². The molecule has 3 rings (SSSR count). The van der Waals surface area contributed by atoms with Crippen molar-refractivity contribution in [1.29, 1.82) is 0 Å². The first-order valence-electron chi connectivity index (χ1n) is 6.28. The quantitative estimate of drug-likeness (QED) is 0.772. The molecule has 0 fully saturated rings. The molecule has 0 bridgehead atoms. The van der Waals surface area contributed by atoms with Gasteiger partial charge < -0.3 is 4.90 Å². The van der Waals surface area contributed by atoms with Crippen molar-refractivity contribution in [1.82, 2.24) is 0 Å². The van der Waals surface area contributed by atoms with E-state index in [4.69, 9.17) is 11.6 Å². The van der Waals surface area contributed by atoms with Crippen molar-refractivity contribution >= 4 is 23.2 Å². The second kappa shape index (κ2) is 4.71. The van der Waals surface area contributed by atoms with Crippen LogP contribution in [-0.2, 0) is 4.79 Å². The number of amides is 1. The third-order valence-corrected chi connectivity index (χ3v) is 3.92. The number of carbonyl (C=O) groups is 1. The Balaban J connectivity index is 2.15. The summed E-state index contributed by atoms with van der Waals surface area (Å²) < 4.78 is 0. The van der Waals surface area contributed by atoms with E-state index in [1.165, 1.54) is 0 Å². The third kappa shape index (κ3) is 2.13. The number of rotatable bonds is 1. The number of carbonyl (C=O) groups excluding carboxylic acids is 1. The minimum atomic E-state index is 0.0959. The van der Waals surface area contributed by atoms with Crippen molar-refractivity contribution in [2.24, 2.45) is 0 Å². The normalized spacial score (nSPS) is 18.3. The highest BCUT2D eigenvalue weighted by molar-refractivity contribution is 6.30. The van der Waals surface area contributed by atoms with Crippen LogP contribution in [0, 0.1) is 0 Å². The second-order valence-corrected chi connectivity index (χ2v) is 5.26. The van der Waals surface area contributed by atoms with Crippen LogP contribution in [0.25, 0.3) is 0 Å². The molecule has 0 N–H and O–H groups in total. The molecule has 0 spiro atoms. The third-order valence-electron chi connectivity index (χ3n) is 3.68. The van der Waals surface area contributed by atoms with Gasteiger partial charge in [-0.25, -0.2) is 0 Å². The van der Waals surface area contributed by atoms with E-state index >= 15 is 0 Å². The number of hydrogen-bond donors (Lipinski definition) is 0. The van der Waals surface area contributed by atoms with Crippen LogP contribution >= 0.6 is 11.6 Å². The van der Waals surface area contributed by atoms with Gasteiger partial charge in [0.15, 0.2) is 0 Å². The SMILES string of the molecule is CN1C(=O)CC(c2ccccc2)c2cc(Cl)ccc21. The molecule has 19 heavy (non-hydrogen) atoms. The summed E-state index contributed by atoms with van der Waals surface area (Å²) in [7, 11) is 1.82. The van der Waals surface area contributed by atoms with Gasteiger partial charge in [0.2, 0.25) is 5.91 Å². The number of halogens is 1. The second-order valence-electron chi connectivity index (χ2n) is 4.82. The van der Waals surface area contributed by atoms with Gasteiger partial charge >= 0.3 is 0 Å². The smallest absolute Gasteiger partial charge is 0.227 e. The number of fused-ring (bicyclic) bond motifs is 1. The van der Waals surface area contributed by atoms with E-state index in [0.29, 0.717) is 11.4 Å². The molecule has 2 aromatic rings. The lowest BCUT2D eigenvalue weighted by Gasteiger charge is -2.32. The highest BCUT2D eigenvalue weighted by atomic mass is 35.5. The Morgan fingerprint density at radius 3 is 2.63 bits per heavy atom. The minimum absolute atomic E-state index is 0.0959. The van der Waals surface area contributed by atoms with Gasteiger partial charge in [-0.15, -0.1) is 0 Å². The molecule has 1 heterocycles. The summed E-state index contributed by atoms with van der Waals surface area (Å²) >= 11 is 6.11.